The van der Waals surface area contributed by atoms with Gasteiger partial charge in [0.1, 0.15) is 10.8 Å². The third kappa shape index (κ3) is 6.50. The van der Waals surface area contributed by atoms with Gasteiger partial charge in [-0.05, 0) is 51.5 Å². The van der Waals surface area contributed by atoms with Crippen LogP contribution in [0, 0.1) is 0 Å². The van der Waals surface area contributed by atoms with Crippen molar-refractivity contribution in [3.63, 3.8) is 0 Å². The molecule has 1 unspecified atom stereocenters. The fourth-order valence-electron chi connectivity index (χ4n) is 2.63. The molecule has 8 heteroatoms. The SMILES string of the molecule is CCCN(C)CCCN(OC)C(=O)NC(C)c1ccc(OC)c(Cl)c1Cl. The Hall–Kier alpha value is -1.21. The van der Waals surface area contributed by atoms with Gasteiger partial charge in [-0.25, -0.2) is 9.86 Å². The monoisotopic (exact) mass is 405 g/mol. The first-order valence-corrected chi connectivity index (χ1v) is 9.43. The summed E-state index contributed by atoms with van der Waals surface area (Å²) >= 11 is 12.5. The van der Waals surface area contributed by atoms with Crippen LogP contribution in [0.4, 0.5) is 4.79 Å². The van der Waals surface area contributed by atoms with Gasteiger partial charge in [0.15, 0.2) is 0 Å². The highest BCUT2D eigenvalue weighted by Crippen LogP contribution is 2.36. The molecule has 0 aliphatic carbocycles. The number of methoxy groups -OCH3 is 1. The minimum absolute atomic E-state index is 0.318. The average Bonchev–Trinajstić information content (AvgIpc) is 2.61. The summed E-state index contributed by atoms with van der Waals surface area (Å²) in [4.78, 5) is 19.9. The van der Waals surface area contributed by atoms with Gasteiger partial charge in [0.2, 0.25) is 0 Å². The van der Waals surface area contributed by atoms with Crippen LogP contribution < -0.4 is 10.1 Å². The largest absolute Gasteiger partial charge is 0.495 e. The van der Waals surface area contributed by atoms with E-state index < -0.39 is 0 Å². The van der Waals surface area contributed by atoms with Crippen molar-refractivity contribution in [2.24, 2.45) is 0 Å². The molecule has 2 amide bonds. The molecule has 0 spiro atoms. The van der Waals surface area contributed by atoms with Gasteiger partial charge in [0, 0.05) is 0 Å². The number of benzene rings is 1. The smallest absolute Gasteiger partial charge is 0.341 e. The van der Waals surface area contributed by atoms with E-state index in [9.17, 15) is 4.79 Å². The molecule has 1 N–H and O–H groups in total. The fourth-order valence-corrected chi connectivity index (χ4v) is 3.20. The number of nitrogens with zero attached hydrogens (tertiary/aromatic N) is 2. The van der Waals surface area contributed by atoms with Crippen LogP contribution in [0.2, 0.25) is 10.0 Å². The van der Waals surface area contributed by atoms with Gasteiger partial charge >= 0.3 is 6.03 Å². The van der Waals surface area contributed by atoms with Gasteiger partial charge in [0.25, 0.3) is 0 Å². The Labute approximate surface area is 166 Å². The zero-order valence-electron chi connectivity index (χ0n) is 16.1. The van der Waals surface area contributed by atoms with Gasteiger partial charge in [-0.1, -0.05) is 36.2 Å². The second kappa shape index (κ2) is 11.5. The highest BCUT2D eigenvalue weighted by molar-refractivity contribution is 6.43. The molecule has 1 aromatic carbocycles. The third-order valence-electron chi connectivity index (χ3n) is 4.06. The lowest BCUT2D eigenvalue weighted by atomic mass is 10.1. The lowest BCUT2D eigenvalue weighted by Crippen LogP contribution is -2.41. The molecular formula is C18H29Cl2N3O3. The number of hydrogen-bond acceptors (Lipinski definition) is 4. The number of amides is 2. The highest BCUT2D eigenvalue weighted by atomic mass is 35.5. The number of rotatable bonds is 10. The molecular weight excluding hydrogens is 377 g/mol. The summed E-state index contributed by atoms with van der Waals surface area (Å²) in [5, 5.41) is 4.89. The first-order chi connectivity index (χ1) is 12.3. The minimum atomic E-state index is -0.334. The standard InChI is InChI=1S/C18H29Cl2N3O3/c1-6-10-22(3)11-7-12-23(26-5)18(24)21-13(2)14-8-9-15(25-4)17(20)16(14)19/h8-9,13H,6-7,10-12H2,1-5H3,(H,21,24). The maximum Gasteiger partial charge on any atom is 0.341 e. The van der Waals surface area contributed by atoms with Gasteiger partial charge in [-0.15, -0.1) is 0 Å². The molecule has 1 atom stereocenters. The van der Waals surface area contributed by atoms with E-state index in [1.54, 1.807) is 12.1 Å². The molecule has 0 saturated heterocycles. The second-order valence-electron chi connectivity index (χ2n) is 6.10. The van der Waals surface area contributed by atoms with Crippen LogP contribution >= 0.6 is 23.2 Å². The molecule has 0 heterocycles. The van der Waals surface area contributed by atoms with E-state index in [4.69, 9.17) is 32.8 Å². The molecule has 1 rings (SSSR count). The molecule has 0 bridgehead atoms. The molecule has 6 nitrogen and oxygen atoms in total. The summed E-state index contributed by atoms with van der Waals surface area (Å²) in [7, 11) is 5.08. The number of urea groups is 1. The average molecular weight is 406 g/mol. The van der Waals surface area contributed by atoms with Crippen molar-refractivity contribution in [2.45, 2.75) is 32.7 Å². The number of carbonyl (C=O) groups is 1. The van der Waals surface area contributed by atoms with Crippen LogP contribution in [0.1, 0.15) is 38.3 Å². The Morgan fingerprint density at radius 2 is 1.88 bits per heavy atom. The third-order valence-corrected chi connectivity index (χ3v) is 4.94. The Kier molecular flexibility index (Phi) is 10.1. The first-order valence-electron chi connectivity index (χ1n) is 8.68. The molecule has 26 heavy (non-hydrogen) atoms. The van der Waals surface area contributed by atoms with E-state index in [0.717, 1.165) is 25.9 Å². The minimum Gasteiger partial charge on any atom is -0.495 e. The Morgan fingerprint density at radius 3 is 2.46 bits per heavy atom. The highest BCUT2D eigenvalue weighted by Gasteiger charge is 2.20. The van der Waals surface area contributed by atoms with E-state index in [1.807, 2.05) is 6.92 Å². The van der Waals surface area contributed by atoms with Crippen LogP contribution in [-0.2, 0) is 4.84 Å². The van der Waals surface area contributed by atoms with Crippen LogP contribution in [0.15, 0.2) is 12.1 Å². The molecule has 0 aromatic heterocycles. The molecule has 0 saturated carbocycles. The lowest BCUT2D eigenvalue weighted by Gasteiger charge is -2.24. The number of nitrogens with one attached hydrogen (secondary N) is 1. The molecule has 148 valence electrons. The van der Waals surface area contributed by atoms with Gasteiger partial charge in [-0.3, -0.25) is 4.84 Å². The summed E-state index contributed by atoms with van der Waals surface area (Å²) < 4.78 is 5.14. The Bertz CT molecular complexity index is 587. The zero-order valence-corrected chi connectivity index (χ0v) is 17.7. The summed E-state index contributed by atoms with van der Waals surface area (Å²) in [5.41, 5.74) is 0.713. The topological polar surface area (TPSA) is 54.0 Å². The number of halogens is 2. The number of hydrogen-bond donors (Lipinski definition) is 1. The number of hydroxylamine groups is 2. The van der Waals surface area contributed by atoms with Crippen molar-refractivity contribution >= 4 is 29.2 Å². The van der Waals surface area contributed by atoms with Crippen molar-refractivity contribution in [3.05, 3.63) is 27.7 Å². The summed E-state index contributed by atoms with van der Waals surface area (Å²) in [6, 6.07) is 2.86. The van der Waals surface area contributed by atoms with Crippen LogP contribution in [0.5, 0.6) is 5.75 Å². The fraction of sp³-hybridized carbons (Fsp3) is 0.611. The zero-order chi connectivity index (χ0) is 19.7. The predicted molar refractivity (Wildman–Crippen MR) is 106 cm³/mol. The van der Waals surface area contributed by atoms with E-state index in [1.165, 1.54) is 19.3 Å². The Balaban J connectivity index is 2.65. The van der Waals surface area contributed by atoms with E-state index in [2.05, 4.69) is 24.2 Å². The van der Waals surface area contributed by atoms with Crippen molar-refractivity contribution in [2.75, 3.05) is 40.9 Å². The summed E-state index contributed by atoms with van der Waals surface area (Å²) in [5.74, 6) is 0.494. The molecule has 1 aromatic rings. The number of carbonyl (C=O) groups excluding carboxylic acids is 1. The van der Waals surface area contributed by atoms with Crippen molar-refractivity contribution in [1.29, 1.82) is 0 Å². The predicted octanol–water partition coefficient (Wildman–Crippen LogP) is 4.37. The number of ether oxygens (including phenoxy) is 1. The Morgan fingerprint density at radius 1 is 1.19 bits per heavy atom. The molecule has 0 fully saturated rings. The normalized spacial score (nSPS) is 12.2. The van der Waals surface area contributed by atoms with Crippen LogP contribution in [0.3, 0.4) is 0 Å². The van der Waals surface area contributed by atoms with E-state index in [0.29, 0.717) is 27.9 Å². The molecule has 0 aliphatic rings. The maximum atomic E-state index is 12.5. The summed E-state index contributed by atoms with van der Waals surface area (Å²) in [6.45, 7) is 6.41. The van der Waals surface area contributed by atoms with Crippen molar-refractivity contribution < 1.29 is 14.4 Å². The summed E-state index contributed by atoms with van der Waals surface area (Å²) in [6.07, 6.45) is 1.93. The van der Waals surface area contributed by atoms with E-state index in [-0.39, 0.29) is 12.1 Å². The first kappa shape index (κ1) is 22.8. The quantitative estimate of drug-likeness (QED) is 0.587. The van der Waals surface area contributed by atoms with Gasteiger partial charge < -0.3 is 15.0 Å². The van der Waals surface area contributed by atoms with Crippen molar-refractivity contribution in [1.82, 2.24) is 15.3 Å². The lowest BCUT2D eigenvalue weighted by molar-refractivity contribution is -0.0879. The second-order valence-corrected chi connectivity index (χ2v) is 6.85. The van der Waals surface area contributed by atoms with E-state index >= 15 is 0 Å². The van der Waals surface area contributed by atoms with Crippen LogP contribution in [-0.4, -0.2) is 56.9 Å². The van der Waals surface area contributed by atoms with Gasteiger partial charge in [-0.2, -0.15) is 0 Å². The van der Waals surface area contributed by atoms with Crippen molar-refractivity contribution in [3.8, 4) is 5.75 Å². The van der Waals surface area contributed by atoms with Crippen LogP contribution in [0.25, 0.3) is 0 Å². The van der Waals surface area contributed by atoms with Gasteiger partial charge in [0.05, 0.1) is 31.8 Å². The molecule has 0 aliphatic heterocycles. The maximum absolute atomic E-state index is 12.5. The molecule has 0 radical (unpaired) electrons.